The van der Waals surface area contributed by atoms with Crippen LogP contribution in [0.1, 0.15) is 44.6 Å². The largest absolute Gasteiger partial charge is 0.481 e. The lowest BCUT2D eigenvalue weighted by molar-refractivity contribution is -0.140. The second kappa shape index (κ2) is 8.29. The zero-order valence-corrected chi connectivity index (χ0v) is 14.6. The summed E-state index contributed by atoms with van der Waals surface area (Å²) < 4.78 is 5.35. The van der Waals surface area contributed by atoms with Crippen LogP contribution in [0, 0.1) is 5.92 Å². The highest BCUT2D eigenvalue weighted by atomic mass is 16.5. The molecule has 5 nitrogen and oxygen atoms in total. The maximum absolute atomic E-state index is 12.9. The fourth-order valence-electron chi connectivity index (χ4n) is 3.49. The first-order valence-corrected chi connectivity index (χ1v) is 8.51. The number of ether oxygens (including phenoxy) is 1. The summed E-state index contributed by atoms with van der Waals surface area (Å²) in [5, 5.41) is 9.10. The van der Waals surface area contributed by atoms with Crippen LogP contribution in [0.5, 0.6) is 0 Å². The van der Waals surface area contributed by atoms with Gasteiger partial charge >= 0.3 is 5.97 Å². The molecule has 3 unspecified atom stereocenters. The van der Waals surface area contributed by atoms with Gasteiger partial charge in [0.1, 0.15) is 0 Å². The normalized spacial score (nSPS) is 21.9. The first-order valence-electron chi connectivity index (χ1n) is 8.51. The van der Waals surface area contributed by atoms with Crippen molar-refractivity contribution in [2.24, 2.45) is 5.92 Å². The molecule has 1 fully saturated rings. The number of amides is 1. The van der Waals surface area contributed by atoms with Gasteiger partial charge in [0.15, 0.2) is 0 Å². The summed E-state index contributed by atoms with van der Waals surface area (Å²) in [5.41, 5.74) is 1.15. The van der Waals surface area contributed by atoms with Crippen LogP contribution in [0.2, 0.25) is 0 Å². The van der Waals surface area contributed by atoms with Crippen molar-refractivity contribution in [2.75, 3.05) is 13.7 Å². The van der Waals surface area contributed by atoms with Gasteiger partial charge in [0.25, 0.3) is 0 Å². The first-order chi connectivity index (χ1) is 11.4. The molecule has 24 heavy (non-hydrogen) atoms. The monoisotopic (exact) mass is 333 g/mol. The fourth-order valence-corrected chi connectivity index (χ4v) is 3.49. The third-order valence-electron chi connectivity index (χ3n) is 4.87. The minimum Gasteiger partial charge on any atom is -0.481 e. The third kappa shape index (κ3) is 4.57. The van der Waals surface area contributed by atoms with Crippen molar-refractivity contribution in [3.63, 3.8) is 0 Å². The molecule has 0 spiro atoms. The van der Waals surface area contributed by atoms with Crippen LogP contribution in [-0.2, 0) is 14.3 Å². The summed E-state index contributed by atoms with van der Waals surface area (Å²) in [6.07, 6.45) is 0.886. The van der Waals surface area contributed by atoms with Crippen molar-refractivity contribution in [2.45, 2.75) is 51.2 Å². The van der Waals surface area contributed by atoms with Crippen LogP contribution in [-0.4, -0.2) is 47.7 Å². The van der Waals surface area contributed by atoms with Crippen LogP contribution in [0.4, 0.5) is 0 Å². The lowest BCUT2D eigenvalue weighted by atomic mass is 9.85. The highest BCUT2D eigenvalue weighted by Gasteiger charge is 2.37. The average molecular weight is 333 g/mol. The van der Waals surface area contributed by atoms with Crippen molar-refractivity contribution in [3.8, 4) is 0 Å². The Morgan fingerprint density at radius 1 is 1.29 bits per heavy atom. The SMILES string of the molecule is COC1CC(CC(=O)O)N(C(=O)CC(c2ccccc2)C(C)C)C1. The van der Waals surface area contributed by atoms with E-state index >= 15 is 0 Å². The van der Waals surface area contributed by atoms with Gasteiger partial charge in [-0.25, -0.2) is 0 Å². The highest BCUT2D eigenvalue weighted by molar-refractivity contribution is 5.79. The van der Waals surface area contributed by atoms with E-state index in [4.69, 9.17) is 9.84 Å². The number of carboxylic acids is 1. The number of benzene rings is 1. The van der Waals surface area contributed by atoms with Crippen LogP contribution in [0.25, 0.3) is 0 Å². The van der Waals surface area contributed by atoms with Gasteiger partial charge in [0.05, 0.1) is 12.5 Å². The topological polar surface area (TPSA) is 66.8 Å². The number of hydrogen-bond acceptors (Lipinski definition) is 3. The summed E-state index contributed by atoms with van der Waals surface area (Å²) >= 11 is 0. The number of rotatable bonds is 7. The van der Waals surface area contributed by atoms with Crippen LogP contribution in [0.15, 0.2) is 30.3 Å². The standard InChI is InChI=1S/C19H27NO4/c1-13(2)17(14-7-5-4-6-8-14)11-18(21)20-12-16(24-3)9-15(20)10-19(22)23/h4-8,13,15-17H,9-12H2,1-3H3,(H,22,23). The molecule has 2 rings (SSSR count). The van der Waals surface area contributed by atoms with Crippen LogP contribution < -0.4 is 0 Å². The number of nitrogens with zero attached hydrogens (tertiary/aromatic N) is 1. The van der Waals surface area contributed by atoms with Gasteiger partial charge in [0.2, 0.25) is 5.91 Å². The Bertz CT molecular complexity index is 558. The quantitative estimate of drug-likeness (QED) is 0.833. The average Bonchev–Trinajstić information content (AvgIpc) is 2.95. The molecule has 1 aromatic carbocycles. The van der Waals surface area contributed by atoms with Gasteiger partial charge in [0, 0.05) is 26.1 Å². The van der Waals surface area contributed by atoms with E-state index in [1.54, 1.807) is 12.0 Å². The smallest absolute Gasteiger partial charge is 0.305 e. The number of methoxy groups -OCH3 is 1. The summed E-state index contributed by atoms with van der Waals surface area (Å²) in [4.78, 5) is 25.7. The van der Waals surface area contributed by atoms with Gasteiger partial charge in [-0.15, -0.1) is 0 Å². The molecule has 1 aromatic rings. The molecule has 0 radical (unpaired) electrons. The zero-order valence-electron chi connectivity index (χ0n) is 14.6. The molecule has 1 aliphatic rings. The van der Waals surface area contributed by atoms with Crippen LogP contribution in [0.3, 0.4) is 0 Å². The number of carbonyl (C=O) groups excluding carboxylic acids is 1. The molecular formula is C19H27NO4. The summed E-state index contributed by atoms with van der Waals surface area (Å²) in [5.74, 6) is -0.401. The second-order valence-corrected chi connectivity index (χ2v) is 6.86. The summed E-state index contributed by atoms with van der Waals surface area (Å²) in [6, 6.07) is 9.76. The van der Waals surface area contributed by atoms with E-state index < -0.39 is 5.97 Å². The van der Waals surface area contributed by atoms with Crippen LogP contribution >= 0.6 is 0 Å². The predicted molar refractivity (Wildman–Crippen MR) is 91.8 cm³/mol. The van der Waals surface area contributed by atoms with E-state index in [9.17, 15) is 9.59 Å². The Morgan fingerprint density at radius 2 is 1.96 bits per heavy atom. The van der Waals surface area contributed by atoms with Gasteiger partial charge in [-0.3, -0.25) is 9.59 Å². The maximum Gasteiger partial charge on any atom is 0.305 e. The minimum atomic E-state index is -0.877. The Balaban J connectivity index is 2.11. The maximum atomic E-state index is 12.9. The molecule has 0 aromatic heterocycles. The zero-order chi connectivity index (χ0) is 17.7. The Hall–Kier alpha value is -1.88. The number of carboxylic acid groups (broad SMARTS) is 1. The number of aliphatic carboxylic acids is 1. The number of likely N-dealkylation sites (tertiary alicyclic amines) is 1. The molecule has 0 bridgehead atoms. The Morgan fingerprint density at radius 3 is 2.50 bits per heavy atom. The molecule has 0 saturated carbocycles. The second-order valence-electron chi connectivity index (χ2n) is 6.86. The van der Waals surface area contributed by atoms with Gasteiger partial charge in [-0.2, -0.15) is 0 Å². The predicted octanol–water partition coefficient (Wildman–Crippen LogP) is 2.91. The molecule has 132 valence electrons. The molecule has 0 aliphatic carbocycles. The van der Waals surface area contributed by atoms with E-state index in [1.807, 2.05) is 18.2 Å². The van der Waals surface area contributed by atoms with Gasteiger partial charge < -0.3 is 14.7 Å². The molecule has 1 N–H and O–H groups in total. The van der Waals surface area contributed by atoms with E-state index in [-0.39, 0.29) is 30.4 Å². The van der Waals surface area contributed by atoms with Crippen molar-refractivity contribution < 1.29 is 19.4 Å². The van der Waals surface area contributed by atoms with Crippen molar-refractivity contribution >= 4 is 11.9 Å². The first kappa shape index (κ1) is 18.5. The van der Waals surface area contributed by atoms with Crippen molar-refractivity contribution in [1.29, 1.82) is 0 Å². The number of hydrogen-bond donors (Lipinski definition) is 1. The number of carbonyl (C=O) groups is 2. The summed E-state index contributed by atoms with van der Waals surface area (Å²) in [6.45, 7) is 4.70. The molecule has 1 saturated heterocycles. The van der Waals surface area contributed by atoms with Crippen molar-refractivity contribution in [1.82, 2.24) is 4.90 Å². The minimum absolute atomic E-state index is 0.0170. The van der Waals surface area contributed by atoms with E-state index in [0.717, 1.165) is 5.56 Å². The Kier molecular flexibility index (Phi) is 6.37. The van der Waals surface area contributed by atoms with E-state index in [0.29, 0.717) is 25.3 Å². The van der Waals surface area contributed by atoms with Crippen molar-refractivity contribution in [3.05, 3.63) is 35.9 Å². The lowest BCUT2D eigenvalue weighted by Crippen LogP contribution is -2.38. The molecule has 3 atom stereocenters. The molecule has 1 aliphatic heterocycles. The van der Waals surface area contributed by atoms with E-state index in [1.165, 1.54) is 0 Å². The van der Waals surface area contributed by atoms with Gasteiger partial charge in [-0.05, 0) is 23.8 Å². The molecule has 1 heterocycles. The Labute approximate surface area is 143 Å². The summed E-state index contributed by atoms with van der Waals surface area (Å²) in [7, 11) is 1.61. The molecular weight excluding hydrogens is 306 g/mol. The molecule has 5 heteroatoms. The third-order valence-corrected chi connectivity index (χ3v) is 4.87. The fraction of sp³-hybridized carbons (Fsp3) is 0.579. The highest BCUT2D eigenvalue weighted by Crippen LogP contribution is 2.31. The van der Waals surface area contributed by atoms with E-state index in [2.05, 4.69) is 26.0 Å². The molecule has 1 amide bonds. The lowest BCUT2D eigenvalue weighted by Gasteiger charge is -2.27. The van der Waals surface area contributed by atoms with Gasteiger partial charge in [-0.1, -0.05) is 44.2 Å².